The Hall–Kier alpha value is -0.540. The minimum absolute atomic E-state index is 0.109. The molecule has 0 saturated carbocycles. The summed E-state index contributed by atoms with van der Waals surface area (Å²) in [4.78, 5) is 0. The third kappa shape index (κ3) is 1.98. The topological polar surface area (TPSA) is 0 Å². The van der Waals surface area contributed by atoms with Crippen molar-refractivity contribution in [1.29, 1.82) is 0 Å². The standard InChI is InChI=1S/C12H18F4/c1-3-5-7-9-10(8-6-4-2)12(15,16)11(9,13)14/h3-8H2,1-2H3. The Morgan fingerprint density at radius 1 is 0.750 bits per heavy atom. The summed E-state index contributed by atoms with van der Waals surface area (Å²) in [6, 6.07) is 0. The molecule has 0 amide bonds. The Balaban J connectivity index is 2.84. The first-order valence-electron chi connectivity index (χ1n) is 5.88. The van der Waals surface area contributed by atoms with Gasteiger partial charge in [0.15, 0.2) is 0 Å². The van der Waals surface area contributed by atoms with Crippen LogP contribution >= 0.6 is 0 Å². The Kier molecular flexibility index (Phi) is 4.02. The maximum Gasteiger partial charge on any atom is 0.335 e. The van der Waals surface area contributed by atoms with Gasteiger partial charge in [0, 0.05) is 11.1 Å². The van der Waals surface area contributed by atoms with Crippen LogP contribution in [0.25, 0.3) is 0 Å². The molecule has 0 N–H and O–H groups in total. The normalized spacial score (nSPS) is 22.1. The number of alkyl halides is 4. The maximum atomic E-state index is 13.2. The lowest BCUT2D eigenvalue weighted by Gasteiger charge is -2.41. The second-order valence-corrected chi connectivity index (χ2v) is 4.31. The van der Waals surface area contributed by atoms with Crippen molar-refractivity contribution in [1.82, 2.24) is 0 Å². The van der Waals surface area contributed by atoms with Crippen LogP contribution in [0.1, 0.15) is 52.4 Å². The summed E-state index contributed by atoms with van der Waals surface area (Å²) in [6.45, 7) is 3.72. The van der Waals surface area contributed by atoms with E-state index in [1.165, 1.54) is 0 Å². The lowest BCUT2D eigenvalue weighted by molar-refractivity contribution is -0.194. The summed E-state index contributed by atoms with van der Waals surface area (Å²) in [5.74, 6) is -7.80. The fraction of sp³-hybridized carbons (Fsp3) is 0.833. The number of rotatable bonds is 6. The molecule has 0 nitrogen and oxygen atoms in total. The first kappa shape index (κ1) is 13.5. The molecule has 1 rings (SSSR count). The fourth-order valence-corrected chi connectivity index (χ4v) is 2.02. The van der Waals surface area contributed by atoms with Crippen LogP contribution in [0.5, 0.6) is 0 Å². The van der Waals surface area contributed by atoms with Crippen molar-refractivity contribution < 1.29 is 17.6 Å². The van der Waals surface area contributed by atoms with Crippen molar-refractivity contribution in [3.8, 4) is 0 Å². The van der Waals surface area contributed by atoms with Gasteiger partial charge in [-0.2, -0.15) is 17.6 Å². The van der Waals surface area contributed by atoms with Crippen LogP contribution in [-0.2, 0) is 0 Å². The molecule has 1 aliphatic carbocycles. The third-order valence-corrected chi connectivity index (χ3v) is 3.08. The van der Waals surface area contributed by atoms with Crippen LogP contribution in [-0.4, -0.2) is 11.8 Å². The van der Waals surface area contributed by atoms with Crippen molar-refractivity contribution in [2.75, 3.05) is 0 Å². The van der Waals surface area contributed by atoms with Crippen molar-refractivity contribution in [2.24, 2.45) is 0 Å². The van der Waals surface area contributed by atoms with Gasteiger partial charge in [0.2, 0.25) is 0 Å². The Bertz CT molecular complexity index is 251. The highest BCUT2D eigenvalue weighted by Gasteiger charge is 2.69. The van der Waals surface area contributed by atoms with Gasteiger partial charge in [-0.25, -0.2) is 0 Å². The summed E-state index contributed by atoms with van der Waals surface area (Å²) < 4.78 is 52.7. The molecule has 0 spiro atoms. The summed E-state index contributed by atoms with van der Waals surface area (Å²) >= 11 is 0. The summed E-state index contributed by atoms with van der Waals surface area (Å²) in [5.41, 5.74) is -0.597. The molecule has 16 heavy (non-hydrogen) atoms. The van der Waals surface area contributed by atoms with E-state index in [9.17, 15) is 17.6 Å². The molecule has 0 radical (unpaired) electrons. The third-order valence-electron chi connectivity index (χ3n) is 3.08. The van der Waals surface area contributed by atoms with Crippen LogP contribution in [0.15, 0.2) is 11.1 Å². The second-order valence-electron chi connectivity index (χ2n) is 4.31. The van der Waals surface area contributed by atoms with Crippen LogP contribution < -0.4 is 0 Å². The van der Waals surface area contributed by atoms with E-state index in [0.717, 1.165) is 12.8 Å². The molecule has 1 aliphatic rings. The lowest BCUT2D eigenvalue weighted by atomic mass is 9.75. The zero-order chi connectivity index (χ0) is 12.4. The highest BCUT2D eigenvalue weighted by molar-refractivity contribution is 5.43. The lowest BCUT2D eigenvalue weighted by Crippen LogP contribution is -2.53. The van der Waals surface area contributed by atoms with Gasteiger partial charge in [0.1, 0.15) is 0 Å². The largest absolute Gasteiger partial charge is 0.335 e. The molecule has 4 heteroatoms. The maximum absolute atomic E-state index is 13.2. The molecule has 0 bridgehead atoms. The van der Waals surface area contributed by atoms with Gasteiger partial charge in [-0.15, -0.1) is 0 Å². The Labute approximate surface area is 93.7 Å². The van der Waals surface area contributed by atoms with E-state index in [1.807, 2.05) is 13.8 Å². The predicted molar refractivity (Wildman–Crippen MR) is 56.0 cm³/mol. The predicted octanol–water partition coefficient (Wildman–Crippen LogP) is 4.95. The van der Waals surface area contributed by atoms with Gasteiger partial charge >= 0.3 is 11.8 Å². The number of hydrogen-bond donors (Lipinski definition) is 0. The Morgan fingerprint density at radius 2 is 1.06 bits per heavy atom. The highest BCUT2D eigenvalue weighted by atomic mass is 19.3. The minimum Gasteiger partial charge on any atom is -0.194 e. The first-order chi connectivity index (χ1) is 7.39. The van der Waals surface area contributed by atoms with Crippen LogP contribution in [0, 0.1) is 0 Å². The van der Waals surface area contributed by atoms with E-state index in [0.29, 0.717) is 12.8 Å². The monoisotopic (exact) mass is 238 g/mol. The summed E-state index contributed by atoms with van der Waals surface area (Å²) in [5, 5.41) is 0. The van der Waals surface area contributed by atoms with Crippen LogP contribution in [0.3, 0.4) is 0 Å². The van der Waals surface area contributed by atoms with Crippen molar-refractivity contribution in [2.45, 2.75) is 64.2 Å². The summed E-state index contributed by atoms with van der Waals surface area (Å²) in [6.07, 6.45) is 2.81. The minimum atomic E-state index is -3.90. The molecule has 0 aliphatic heterocycles. The van der Waals surface area contributed by atoms with Gasteiger partial charge in [-0.3, -0.25) is 0 Å². The fourth-order valence-electron chi connectivity index (χ4n) is 2.02. The Morgan fingerprint density at radius 3 is 1.31 bits per heavy atom. The molecular weight excluding hydrogens is 220 g/mol. The molecule has 94 valence electrons. The van der Waals surface area contributed by atoms with E-state index in [4.69, 9.17) is 0 Å². The molecule has 0 heterocycles. The van der Waals surface area contributed by atoms with E-state index >= 15 is 0 Å². The molecule has 0 atom stereocenters. The van der Waals surface area contributed by atoms with Gasteiger partial charge in [0.25, 0.3) is 0 Å². The van der Waals surface area contributed by atoms with Crippen molar-refractivity contribution >= 4 is 0 Å². The van der Waals surface area contributed by atoms with Gasteiger partial charge in [-0.1, -0.05) is 26.7 Å². The van der Waals surface area contributed by atoms with Crippen LogP contribution in [0.2, 0.25) is 0 Å². The molecule has 0 fully saturated rings. The molecular formula is C12H18F4. The zero-order valence-electron chi connectivity index (χ0n) is 9.75. The van der Waals surface area contributed by atoms with Crippen LogP contribution in [0.4, 0.5) is 17.6 Å². The average molecular weight is 238 g/mol. The zero-order valence-corrected chi connectivity index (χ0v) is 9.75. The highest BCUT2D eigenvalue weighted by Crippen LogP contribution is 2.58. The van der Waals surface area contributed by atoms with Gasteiger partial charge < -0.3 is 0 Å². The van der Waals surface area contributed by atoms with E-state index in [-0.39, 0.29) is 24.0 Å². The van der Waals surface area contributed by atoms with E-state index in [2.05, 4.69) is 0 Å². The summed E-state index contributed by atoms with van der Waals surface area (Å²) in [7, 11) is 0. The molecule has 0 aromatic rings. The quantitative estimate of drug-likeness (QED) is 0.454. The molecule has 0 unspecified atom stereocenters. The number of allylic oxidation sites excluding steroid dienone is 2. The number of hydrogen-bond acceptors (Lipinski definition) is 0. The van der Waals surface area contributed by atoms with E-state index in [1.54, 1.807) is 0 Å². The van der Waals surface area contributed by atoms with Gasteiger partial charge in [0.05, 0.1) is 0 Å². The average Bonchev–Trinajstić information content (AvgIpc) is 2.21. The van der Waals surface area contributed by atoms with Gasteiger partial charge in [-0.05, 0) is 25.7 Å². The number of unbranched alkanes of at least 4 members (excludes halogenated alkanes) is 2. The molecule has 0 saturated heterocycles. The molecule has 0 aromatic heterocycles. The van der Waals surface area contributed by atoms with E-state index < -0.39 is 11.8 Å². The van der Waals surface area contributed by atoms with Crippen molar-refractivity contribution in [3.63, 3.8) is 0 Å². The smallest absolute Gasteiger partial charge is 0.194 e. The number of halogens is 4. The van der Waals surface area contributed by atoms with Crippen molar-refractivity contribution in [3.05, 3.63) is 11.1 Å². The SMILES string of the molecule is CCCCC1=C(CCCC)C(F)(F)C1(F)F. The first-order valence-corrected chi connectivity index (χ1v) is 5.88. The second kappa shape index (κ2) is 4.76. The molecule has 0 aromatic carbocycles.